The number of allylic oxidation sites excluding steroid dienone is 14. The number of pyridine rings is 1. The van der Waals surface area contributed by atoms with Crippen LogP contribution >= 0.6 is 24.1 Å². The molecule has 620 valence electrons. The predicted octanol–water partition coefficient (Wildman–Crippen LogP) is 11.3. The highest BCUT2D eigenvalue weighted by molar-refractivity contribution is 7.94. The molecule has 33 nitrogen and oxygen atoms in total. The van der Waals surface area contributed by atoms with Gasteiger partial charge in [0, 0.05) is 131 Å². The summed E-state index contributed by atoms with van der Waals surface area (Å²) in [6.07, 6.45) is 26.9. The van der Waals surface area contributed by atoms with E-state index in [4.69, 9.17) is 9.68 Å². The molecule has 2 fully saturated rings. The zero-order chi connectivity index (χ0) is 85.1. The lowest BCUT2D eigenvalue weighted by Gasteiger charge is -2.27. The lowest BCUT2D eigenvalue weighted by Crippen LogP contribution is -2.31. The van der Waals surface area contributed by atoms with Gasteiger partial charge in [-0.1, -0.05) is 76.3 Å². The number of benzene rings is 4. The van der Waals surface area contributed by atoms with E-state index in [9.17, 15) is 85.5 Å². The Morgan fingerprint density at radius 2 is 0.957 bits per heavy atom. The standard InChI is InChI=1S/C43H44N6O14S2.C37H43N3O10S2/c1-42(2)33-24-31(64-63-62-57)16-17-35(33)46(27-28-21-29(48(53)54)23-30(22-28)49(55)56)37(42)14-10-7-5-6-9-13-36-43(3,4)34-25-32(65(58,59)60)26-44-41(34)45(36)20-12-8-11-15-40(52)61-47-38(50)18-19-39(47)51;1-6-38-29-18-16-25(51-50-49-44)23-27(29)36(2,3)31(38)13-9-7-10-14-32-37(4,5)28-24-26(52(45,46)47)17-19-30(28)39(32)22-12-8-11-15-35(43)48-40-33(41)20-21-34(40)42/h5-7,9-10,13-14,16-17,21-26H,8,11-12,15,18-20,27H2,1-4H3,(H-,57,58,59,60);7,9-10,13-14,16-19,23-24H,6,8,11-12,15,20-22H2,1-5H3,(H-,44,45,46,47)/p-2. The van der Waals surface area contributed by atoms with Gasteiger partial charge < -0.3 is 39.1 Å². The minimum atomic E-state index is -4.80. The first kappa shape index (κ1) is 88.8. The fourth-order valence-corrected chi connectivity index (χ4v) is 16.7. The molecule has 4 aromatic carbocycles. The summed E-state index contributed by atoms with van der Waals surface area (Å²) in [4.78, 5) is 113. The topological polar surface area (TPSA) is 436 Å². The fraction of sp³-hybridized carbons (Fsp3) is 0.362. The third-order valence-electron chi connectivity index (χ3n) is 20.8. The maximum atomic E-state index is 12.3. The molecule has 4 amide bonds. The van der Waals surface area contributed by atoms with Crippen LogP contribution in [0.4, 0.5) is 34.3 Å². The predicted molar refractivity (Wildman–Crippen MR) is 419 cm³/mol. The largest absolute Gasteiger partial charge is 0.744 e. The fourth-order valence-electron chi connectivity index (χ4n) is 15.0. The van der Waals surface area contributed by atoms with Crippen LogP contribution in [0.15, 0.2) is 189 Å². The van der Waals surface area contributed by atoms with E-state index in [1.165, 1.54) is 30.3 Å². The summed E-state index contributed by atoms with van der Waals surface area (Å²) in [5.74, 6) is -3.02. The van der Waals surface area contributed by atoms with Crippen molar-refractivity contribution in [2.24, 2.45) is 0 Å². The number of aromatic nitrogens is 1. The first-order valence-electron chi connectivity index (χ1n) is 37.2. The third-order valence-corrected chi connectivity index (χ3v) is 23.6. The molecule has 0 bridgehead atoms. The summed E-state index contributed by atoms with van der Waals surface area (Å²) in [6, 6.07) is 20.4. The number of unbranched alkanes of at least 4 members (excludes halogenated alkanes) is 4. The zero-order valence-corrected chi connectivity index (χ0v) is 68.5. The van der Waals surface area contributed by atoms with Crippen LogP contribution in [0.5, 0.6) is 0 Å². The lowest BCUT2D eigenvalue weighted by atomic mass is 9.81. The molecule has 1 aromatic heterocycles. The van der Waals surface area contributed by atoms with Gasteiger partial charge in [0.05, 0.1) is 72.7 Å². The average Bonchev–Trinajstić information content (AvgIpc) is 1.61. The van der Waals surface area contributed by atoms with Crippen LogP contribution in [0.2, 0.25) is 0 Å². The summed E-state index contributed by atoms with van der Waals surface area (Å²) in [7, 11) is -9.46. The number of hydrogen-bond acceptors (Lipinski definition) is 29. The number of amides is 4. The van der Waals surface area contributed by atoms with Crippen LogP contribution in [-0.2, 0) is 106 Å². The average molecular weight is 1680 g/mol. The number of hydrogen-bond donors (Lipinski definition) is 0. The Morgan fingerprint density at radius 1 is 0.521 bits per heavy atom. The van der Waals surface area contributed by atoms with Gasteiger partial charge in [-0.05, 0) is 161 Å². The molecule has 5 aromatic rings. The van der Waals surface area contributed by atoms with Gasteiger partial charge in [0.2, 0.25) is 5.69 Å². The highest BCUT2D eigenvalue weighted by atomic mass is 32.2. The number of nitrogens with zero attached hydrogens (tertiary/aromatic N) is 9. The number of rotatable bonds is 34. The van der Waals surface area contributed by atoms with Crippen LogP contribution < -0.4 is 20.3 Å². The molecule has 0 atom stereocenters. The minimum absolute atomic E-state index is 0.00500. The summed E-state index contributed by atoms with van der Waals surface area (Å²) in [5, 5.41) is 52.3. The van der Waals surface area contributed by atoms with Crippen molar-refractivity contribution in [3.63, 3.8) is 0 Å². The molecule has 6 aliphatic heterocycles. The van der Waals surface area contributed by atoms with E-state index in [1.54, 1.807) is 48.6 Å². The smallest absolute Gasteiger partial charge is 0.333 e. The number of nitro benzene ring substituents is 2. The van der Waals surface area contributed by atoms with Crippen molar-refractivity contribution in [2.75, 3.05) is 29.4 Å². The maximum absolute atomic E-state index is 12.3. The molecule has 0 spiro atoms. The second kappa shape index (κ2) is 37.4. The van der Waals surface area contributed by atoms with Crippen molar-refractivity contribution in [2.45, 2.75) is 187 Å². The molecule has 0 saturated carbocycles. The van der Waals surface area contributed by atoms with Crippen LogP contribution in [0.1, 0.15) is 167 Å². The third kappa shape index (κ3) is 20.4. The van der Waals surface area contributed by atoms with Crippen LogP contribution in [0.25, 0.3) is 0 Å². The maximum Gasteiger partial charge on any atom is 0.333 e. The molecule has 37 heteroatoms. The SMILES string of the molecule is CC1(C)C(=CC=CC=CC=CC2=[N+](CCCCCC(=O)ON3C(=O)CCC3=O)c3ncc(S(=O)(=O)[O-])cc3C2(C)C)N(Cc2cc([N+](=O)[O-])cc([N+](=O)[O-])c2)c2ccc(SOO[O-])cc21.CCN1C(=CC=CC=CC2=[N+](CCCCCC(=O)ON3C(=O)CCC3=O)c3ccc(S(=O)(=O)[O-])cc3C2(C)C)C(C)(C)c2cc(SOO[O-])ccc21. The van der Waals surface area contributed by atoms with E-state index >= 15 is 0 Å². The minimum Gasteiger partial charge on any atom is -0.744 e. The molecule has 7 heterocycles. The van der Waals surface area contributed by atoms with Crippen LogP contribution in [-0.4, -0.2) is 127 Å². The number of fused-ring (bicyclic) bond motifs is 4. The lowest BCUT2D eigenvalue weighted by molar-refractivity contribution is -0.777. The molecule has 11 rings (SSSR count). The molecule has 0 radical (unpaired) electrons. The van der Waals surface area contributed by atoms with Crippen LogP contribution in [0.3, 0.4) is 0 Å². The Labute approximate surface area is 683 Å². The van der Waals surface area contributed by atoms with Gasteiger partial charge in [0.15, 0.2) is 11.9 Å². The summed E-state index contributed by atoms with van der Waals surface area (Å²) < 4.78 is 84.7. The molecule has 0 aliphatic carbocycles. The molecular weight excluding hydrogens is 1600 g/mol. The molecular formula is C80H85N9O24S4-2. The van der Waals surface area contributed by atoms with E-state index in [-0.39, 0.29) is 55.4 Å². The zero-order valence-electron chi connectivity index (χ0n) is 65.3. The highest BCUT2D eigenvalue weighted by Gasteiger charge is 2.47. The normalized spacial score (nSPS) is 18.0. The Morgan fingerprint density at radius 3 is 1.44 bits per heavy atom. The molecule has 0 N–H and O–H groups in total. The van der Waals surface area contributed by atoms with Crippen molar-refractivity contribution in [3.05, 3.63) is 217 Å². The van der Waals surface area contributed by atoms with Crippen molar-refractivity contribution < 1.29 is 113 Å². The van der Waals surface area contributed by atoms with E-state index in [2.05, 4.69) is 60.1 Å². The van der Waals surface area contributed by atoms with E-state index in [1.807, 2.05) is 112 Å². The number of carbonyl (C=O) groups excluding carboxylic acids is 6. The van der Waals surface area contributed by atoms with Crippen LogP contribution in [0, 0.1) is 20.2 Å². The van der Waals surface area contributed by atoms with Crippen molar-refractivity contribution in [1.82, 2.24) is 15.1 Å². The van der Waals surface area contributed by atoms with E-state index in [0.717, 1.165) is 98.8 Å². The summed E-state index contributed by atoms with van der Waals surface area (Å²) in [6.45, 7) is 19.8. The van der Waals surface area contributed by atoms with Gasteiger partial charge in [-0.3, -0.25) is 49.5 Å². The van der Waals surface area contributed by atoms with Gasteiger partial charge in [0.1, 0.15) is 32.5 Å². The number of carbonyl (C=O) groups is 6. The number of non-ortho nitro benzene ring substituents is 2. The van der Waals surface area contributed by atoms with Gasteiger partial charge in [-0.15, -0.1) is 10.1 Å². The van der Waals surface area contributed by atoms with E-state index in [0.29, 0.717) is 89.1 Å². The molecule has 6 aliphatic rings. The van der Waals surface area contributed by atoms with Gasteiger partial charge >= 0.3 is 17.8 Å². The Balaban J connectivity index is 0.000000253. The highest BCUT2D eigenvalue weighted by Crippen LogP contribution is 2.52. The molecule has 2 saturated heterocycles. The van der Waals surface area contributed by atoms with Crippen molar-refractivity contribution in [1.29, 1.82) is 0 Å². The van der Waals surface area contributed by atoms with Gasteiger partial charge in [-0.2, -0.15) is 13.2 Å². The second-order valence-corrected chi connectivity index (χ2v) is 34.2. The number of likely N-dealkylation sites (N-methyl/N-ethyl adjacent to an activating group) is 1. The van der Waals surface area contributed by atoms with Crippen molar-refractivity contribution in [3.8, 4) is 0 Å². The number of imide groups is 2. The Kier molecular flexibility index (Phi) is 28.4. The number of hydroxylamine groups is 4. The number of anilines is 2. The Bertz CT molecular complexity index is 5270. The monoisotopic (exact) mass is 1680 g/mol. The first-order chi connectivity index (χ1) is 55.3. The quantitative estimate of drug-likeness (QED) is 0.00425. The summed E-state index contributed by atoms with van der Waals surface area (Å²) >= 11 is 1.58. The Hall–Kier alpha value is -10.6. The molecule has 0 unspecified atom stereocenters. The second-order valence-electron chi connectivity index (χ2n) is 29.9. The summed E-state index contributed by atoms with van der Waals surface area (Å²) in [5.41, 5.74) is 6.31. The van der Waals surface area contributed by atoms with Crippen molar-refractivity contribution >= 4 is 126 Å². The number of nitro groups is 2. The van der Waals surface area contributed by atoms with E-state index < -0.39 is 98.2 Å². The van der Waals surface area contributed by atoms with Gasteiger partial charge in [0.25, 0.3) is 35.0 Å². The first-order valence-corrected chi connectivity index (χ1v) is 41.5. The molecule has 117 heavy (non-hydrogen) atoms. The van der Waals surface area contributed by atoms with Gasteiger partial charge in [-0.25, -0.2) is 31.0 Å².